The molecule has 0 amide bonds. The van der Waals surface area contributed by atoms with Crippen molar-refractivity contribution in [1.82, 2.24) is 9.97 Å². The maximum absolute atomic E-state index is 4.65. The fourth-order valence-corrected chi connectivity index (χ4v) is 2.45. The van der Waals surface area contributed by atoms with E-state index in [1.807, 2.05) is 12.1 Å². The van der Waals surface area contributed by atoms with Crippen LogP contribution in [0.5, 0.6) is 0 Å². The Morgan fingerprint density at radius 3 is 2.38 bits per heavy atom. The van der Waals surface area contributed by atoms with Crippen molar-refractivity contribution in [1.29, 1.82) is 0 Å². The first-order chi connectivity index (χ1) is 9.77. The van der Waals surface area contributed by atoms with Gasteiger partial charge in [-0.25, -0.2) is 9.97 Å². The molecule has 0 aliphatic heterocycles. The van der Waals surface area contributed by atoms with E-state index in [0.29, 0.717) is 5.92 Å². The standard InChI is InChI=1S/C17H22BrN3/c1-11(2)12-8-6-7-9-13(12)19-15-10-14(18)20-16(21-15)17(3,4)5/h6-11H,1-5H3,(H,19,20,21). The van der Waals surface area contributed by atoms with Crippen molar-refractivity contribution in [3.8, 4) is 0 Å². The Bertz CT molecular complexity index is 630. The van der Waals surface area contributed by atoms with E-state index < -0.39 is 0 Å². The van der Waals surface area contributed by atoms with Crippen LogP contribution >= 0.6 is 15.9 Å². The number of nitrogens with one attached hydrogen (secondary N) is 1. The minimum Gasteiger partial charge on any atom is -0.340 e. The van der Waals surface area contributed by atoms with Gasteiger partial charge in [0.05, 0.1) is 0 Å². The number of nitrogens with zero attached hydrogens (tertiary/aromatic N) is 2. The quantitative estimate of drug-likeness (QED) is 0.755. The zero-order valence-electron chi connectivity index (χ0n) is 13.2. The third kappa shape index (κ3) is 4.03. The summed E-state index contributed by atoms with van der Waals surface area (Å²) in [5, 5.41) is 3.43. The predicted octanol–water partition coefficient (Wildman–Crippen LogP) is 5.40. The minimum absolute atomic E-state index is 0.0855. The van der Waals surface area contributed by atoms with Gasteiger partial charge in [0, 0.05) is 17.2 Å². The number of benzene rings is 1. The summed E-state index contributed by atoms with van der Waals surface area (Å²) in [5.41, 5.74) is 2.29. The first kappa shape index (κ1) is 16.0. The van der Waals surface area contributed by atoms with Gasteiger partial charge in [0.25, 0.3) is 0 Å². The first-order valence-corrected chi connectivity index (χ1v) is 7.97. The molecule has 3 nitrogen and oxygen atoms in total. The molecule has 0 bridgehead atoms. The molecule has 21 heavy (non-hydrogen) atoms. The average Bonchev–Trinajstić information content (AvgIpc) is 2.37. The Morgan fingerprint density at radius 2 is 1.76 bits per heavy atom. The second-order valence-electron chi connectivity index (χ2n) is 6.52. The Morgan fingerprint density at radius 1 is 1.10 bits per heavy atom. The van der Waals surface area contributed by atoms with E-state index in [2.05, 4.69) is 84.0 Å². The lowest BCUT2D eigenvalue weighted by Crippen LogP contribution is -2.17. The largest absolute Gasteiger partial charge is 0.340 e. The third-order valence-electron chi connectivity index (χ3n) is 3.21. The number of hydrogen-bond acceptors (Lipinski definition) is 3. The van der Waals surface area contributed by atoms with Gasteiger partial charge in [-0.1, -0.05) is 52.8 Å². The lowest BCUT2D eigenvalue weighted by molar-refractivity contribution is 0.544. The summed E-state index contributed by atoms with van der Waals surface area (Å²) >= 11 is 3.48. The van der Waals surface area contributed by atoms with Crippen molar-refractivity contribution in [3.63, 3.8) is 0 Å². The van der Waals surface area contributed by atoms with E-state index in [0.717, 1.165) is 21.9 Å². The van der Waals surface area contributed by atoms with Crippen LogP contribution < -0.4 is 5.32 Å². The smallest absolute Gasteiger partial charge is 0.137 e. The van der Waals surface area contributed by atoms with E-state index in [-0.39, 0.29) is 5.41 Å². The first-order valence-electron chi connectivity index (χ1n) is 7.18. The van der Waals surface area contributed by atoms with Gasteiger partial charge in [-0.3, -0.25) is 0 Å². The molecule has 0 aliphatic carbocycles. The van der Waals surface area contributed by atoms with Crippen molar-refractivity contribution < 1.29 is 0 Å². The van der Waals surface area contributed by atoms with Crippen molar-refractivity contribution in [2.45, 2.75) is 46.0 Å². The molecule has 0 saturated carbocycles. The third-order valence-corrected chi connectivity index (χ3v) is 3.62. The molecular weight excluding hydrogens is 326 g/mol. The predicted molar refractivity (Wildman–Crippen MR) is 92.2 cm³/mol. The van der Waals surface area contributed by atoms with Gasteiger partial charge in [-0.2, -0.15) is 0 Å². The number of aromatic nitrogens is 2. The van der Waals surface area contributed by atoms with Crippen molar-refractivity contribution in [2.75, 3.05) is 5.32 Å². The molecule has 0 aliphatic rings. The monoisotopic (exact) mass is 347 g/mol. The summed E-state index contributed by atoms with van der Waals surface area (Å²) in [6.45, 7) is 10.7. The zero-order chi connectivity index (χ0) is 15.6. The molecule has 0 fully saturated rings. The fourth-order valence-electron chi connectivity index (χ4n) is 2.07. The zero-order valence-corrected chi connectivity index (χ0v) is 14.8. The molecule has 4 heteroatoms. The second kappa shape index (κ2) is 6.14. The molecule has 1 aromatic heterocycles. The van der Waals surface area contributed by atoms with Crippen molar-refractivity contribution >= 4 is 27.4 Å². The minimum atomic E-state index is -0.0855. The number of para-hydroxylation sites is 1. The Hall–Kier alpha value is -1.42. The fraction of sp³-hybridized carbons (Fsp3) is 0.412. The normalized spacial score (nSPS) is 11.8. The van der Waals surface area contributed by atoms with E-state index in [1.165, 1.54) is 5.56 Å². The van der Waals surface area contributed by atoms with Crippen LogP contribution in [0.1, 0.15) is 51.9 Å². The van der Waals surface area contributed by atoms with E-state index in [9.17, 15) is 0 Å². The van der Waals surface area contributed by atoms with Gasteiger partial charge in [0.15, 0.2) is 0 Å². The molecule has 0 unspecified atom stereocenters. The van der Waals surface area contributed by atoms with Crippen LogP contribution in [0.15, 0.2) is 34.9 Å². The summed E-state index contributed by atoms with van der Waals surface area (Å²) in [6.07, 6.45) is 0. The Kier molecular flexibility index (Phi) is 4.67. The van der Waals surface area contributed by atoms with Gasteiger partial charge in [-0.15, -0.1) is 0 Å². The molecule has 0 radical (unpaired) electrons. The second-order valence-corrected chi connectivity index (χ2v) is 7.33. The van der Waals surface area contributed by atoms with Crippen LogP contribution in [-0.2, 0) is 5.41 Å². The van der Waals surface area contributed by atoms with Crippen LogP contribution in [-0.4, -0.2) is 9.97 Å². The van der Waals surface area contributed by atoms with Crippen LogP contribution in [0.25, 0.3) is 0 Å². The topological polar surface area (TPSA) is 37.8 Å². The number of hydrogen-bond donors (Lipinski definition) is 1. The molecule has 2 aromatic rings. The van der Waals surface area contributed by atoms with Crippen LogP contribution in [0.2, 0.25) is 0 Å². The van der Waals surface area contributed by atoms with Gasteiger partial charge >= 0.3 is 0 Å². The molecule has 0 saturated heterocycles. The van der Waals surface area contributed by atoms with Gasteiger partial charge in [0.2, 0.25) is 0 Å². The number of halogens is 1. The summed E-state index contributed by atoms with van der Waals surface area (Å²) in [7, 11) is 0. The van der Waals surface area contributed by atoms with Crippen LogP contribution in [0.4, 0.5) is 11.5 Å². The van der Waals surface area contributed by atoms with Crippen molar-refractivity contribution in [2.24, 2.45) is 0 Å². The average molecular weight is 348 g/mol. The molecular formula is C17H22BrN3. The van der Waals surface area contributed by atoms with Gasteiger partial charge < -0.3 is 5.32 Å². The Balaban J connectivity index is 2.39. The van der Waals surface area contributed by atoms with Gasteiger partial charge in [-0.05, 0) is 33.5 Å². The van der Waals surface area contributed by atoms with Crippen molar-refractivity contribution in [3.05, 3.63) is 46.3 Å². The molecule has 0 spiro atoms. The molecule has 1 heterocycles. The lowest BCUT2D eigenvalue weighted by atomic mass is 9.96. The van der Waals surface area contributed by atoms with E-state index in [1.54, 1.807) is 0 Å². The SMILES string of the molecule is CC(C)c1ccccc1Nc1cc(Br)nc(C(C)(C)C)n1. The highest BCUT2D eigenvalue weighted by molar-refractivity contribution is 9.10. The highest BCUT2D eigenvalue weighted by Crippen LogP contribution is 2.28. The summed E-state index contributed by atoms with van der Waals surface area (Å²) in [6, 6.07) is 10.2. The number of rotatable bonds is 3. The van der Waals surface area contributed by atoms with E-state index >= 15 is 0 Å². The summed E-state index contributed by atoms with van der Waals surface area (Å²) in [4.78, 5) is 9.12. The molecule has 0 atom stereocenters. The van der Waals surface area contributed by atoms with Gasteiger partial charge in [0.1, 0.15) is 16.2 Å². The Labute approximate surface area is 135 Å². The number of anilines is 2. The summed E-state index contributed by atoms with van der Waals surface area (Å²) < 4.78 is 0.798. The highest BCUT2D eigenvalue weighted by Gasteiger charge is 2.19. The molecule has 1 N–H and O–H groups in total. The lowest BCUT2D eigenvalue weighted by Gasteiger charge is -2.19. The highest BCUT2D eigenvalue weighted by atomic mass is 79.9. The molecule has 2 rings (SSSR count). The maximum atomic E-state index is 4.65. The van der Waals surface area contributed by atoms with Crippen LogP contribution in [0.3, 0.4) is 0 Å². The maximum Gasteiger partial charge on any atom is 0.137 e. The molecule has 1 aromatic carbocycles. The summed E-state index contributed by atoms with van der Waals surface area (Å²) in [5.74, 6) is 2.09. The molecule has 112 valence electrons. The van der Waals surface area contributed by atoms with Crippen LogP contribution in [0, 0.1) is 0 Å². The van der Waals surface area contributed by atoms with E-state index in [4.69, 9.17) is 0 Å².